The summed E-state index contributed by atoms with van der Waals surface area (Å²) in [7, 11) is -3.66. The maximum atomic E-state index is 12.3. The minimum Gasteiger partial charge on any atom is -0.312 e. The summed E-state index contributed by atoms with van der Waals surface area (Å²) in [4.78, 5) is 14.0. The van der Waals surface area contributed by atoms with Crippen LogP contribution in [0.3, 0.4) is 0 Å². The van der Waals surface area contributed by atoms with Crippen LogP contribution in [0, 0.1) is 5.92 Å². The van der Waals surface area contributed by atoms with Crippen LogP contribution >= 0.6 is 23.2 Å². The molecule has 1 atom stereocenters. The van der Waals surface area contributed by atoms with Crippen molar-refractivity contribution >= 4 is 44.8 Å². The molecule has 0 radical (unpaired) electrons. The second-order valence-electron chi connectivity index (χ2n) is 5.86. The molecular weight excluding hydrogens is 383 g/mol. The van der Waals surface area contributed by atoms with E-state index >= 15 is 0 Å². The number of benzene rings is 2. The molecule has 5 nitrogen and oxygen atoms in total. The predicted octanol–water partition coefficient (Wildman–Crippen LogP) is 3.32. The first-order valence-corrected chi connectivity index (χ1v) is 9.90. The third kappa shape index (κ3) is 4.33. The molecule has 25 heavy (non-hydrogen) atoms. The molecule has 3 rings (SSSR count). The normalized spacial score (nSPS) is 17.9. The number of rotatable bonds is 5. The predicted molar refractivity (Wildman–Crippen MR) is 98.6 cm³/mol. The van der Waals surface area contributed by atoms with E-state index in [1.807, 2.05) is 0 Å². The maximum absolute atomic E-state index is 12.3. The van der Waals surface area contributed by atoms with Gasteiger partial charge in [0.15, 0.2) is 0 Å². The monoisotopic (exact) mass is 398 g/mol. The van der Waals surface area contributed by atoms with Gasteiger partial charge in [0.05, 0.1) is 4.90 Å². The summed E-state index contributed by atoms with van der Waals surface area (Å²) in [5, 5.41) is 0.953. The van der Waals surface area contributed by atoms with Gasteiger partial charge in [0.2, 0.25) is 15.9 Å². The molecule has 1 saturated heterocycles. The molecular formula is C17H16Cl2N2O3S. The van der Waals surface area contributed by atoms with E-state index in [9.17, 15) is 13.2 Å². The Labute approximate surface area is 156 Å². The lowest BCUT2D eigenvalue weighted by Crippen LogP contribution is -2.31. The van der Waals surface area contributed by atoms with Crippen LogP contribution in [0.1, 0.15) is 6.42 Å². The molecule has 1 N–H and O–H groups in total. The zero-order valence-corrected chi connectivity index (χ0v) is 15.5. The van der Waals surface area contributed by atoms with Gasteiger partial charge in [0, 0.05) is 35.2 Å². The van der Waals surface area contributed by atoms with Gasteiger partial charge in [-0.2, -0.15) is 0 Å². The van der Waals surface area contributed by atoms with E-state index in [1.165, 1.54) is 12.1 Å². The molecule has 1 aliphatic rings. The SMILES string of the molecule is O=C1CC(CNS(=O)(=O)c2cccc(Cl)c2)CN1c1ccc(Cl)cc1. The van der Waals surface area contributed by atoms with Crippen molar-refractivity contribution in [3.05, 3.63) is 58.6 Å². The van der Waals surface area contributed by atoms with Gasteiger partial charge in [0.25, 0.3) is 0 Å². The summed E-state index contributed by atoms with van der Waals surface area (Å²) in [6, 6.07) is 13.1. The van der Waals surface area contributed by atoms with Crippen LogP contribution in [0.15, 0.2) is 53.4 Å². The molecule has 1 heterocycles. The Morgan fingerprint density at radius 3 is 2.48 bits per heavy atom. The van der Waals surface area contributed by atoms with E-state index < -0.39 is 10.0 Å². The molecule has 0 saturated carbocycles. The number of halogens is 2. The number of carbonyl (C=O) groups is 1. The van der Waals surface area contributed by atoms with Gasteiger partial charge >= 0.3 is 0 Å². The molecule has 0 aromatic heterocycles. The first kappa shape index (κ1) is 18.2. The first-order chi connectivity index (χ1) is 11.8. The van der Waals surface area contributed by atoms with Crippen LogP contribution in [0.25, 0.3) is 0 Å². The largest absolute Gasteiger partial charge is 0.312 e. The molecule has 0 bridgehead atoms. The van der Waals surface area contributed by atoms with Crippen LogP contribution in [0.4, 0.5) is 5.69 Å². The van der Waals surface area contributed by atoms with Gasteiger partial charge in [-0.25, -0.2) is 13.1 Å². The van der Waals surface area contributed by atoms with Crippen LogP contribution in [0.2, 0.25) is 10.0 Å². The lowest BCUT2D eigenvalue weighted by molar-refractivity contribution is -0.117. The number of amides is 1. The summed E-state index contributed by atoms with van der Waals surface area (Å²) in [5.74, 6) is -0.133. The molecule has 0 spiro atoms. The van der Waals surface area contributed by atoms with E-state index in [4.69, 9.17) is 23.2 Å². The third-order valence-corrected chi connectivity index (χ3v) is 5.92. The molecule has 1 amide bonds. The zero-order valence-electron chi connectivity index (χ0n) is 13.2. The minimum atomic E-state index is -3.66. The molecule has 0 aliphatic carbocycles. The minimum absolute atomic E-state index is 0.0331. The van der Waals surface area contributed by atoms with Crippen LogP contribution in [-0.4, -0.2) is 27.4 Å². The Bertz CT molecular complexity index is 885. The highest BCUT2D eigenvalue weighted by Crippen LogP contribution is 2.26. The summed E-state index contributed by atoms with van der Waals surface area (Å²) in [6.45, 7) is 0.642. The number of sulfonamides is 1. The zero-order chi connectivity index (χ0) is 18.0. The smallest absolute Gasteiger partial charge is 0.240 e. The number of carbonyl (C=O) groups excluding carboxylic acids is 1. The van der Waals surface area contributed by atoms with Crippen molar-refractivity contribution in [3.8, 4) is 0 Å². The first-order valence-electron chi connectivity index (χ1n) is 7.66. The van der Waals surface area contributed by atoms with Crippen LogP contribution < -0.4 is 9.62 Å². The van der Waals surface area contributed by atoms with Crippen LogP contribution in [0.5, 0.6) is 0 Å². The van der Waals surface area contributed by atoms with Crippen molar-refractivity contribution in [2.45, 2.75) is 11.3 Å². The highest BCUT2D eigenvalue weighted by Gasteiger charge is 2.31. The van der Waals surface area contributed by atoms with Gasteiger partial charge < -0.3 is 4.90 Å². The molecule has 2 aromatic carbocycles. The van der Waals surface area contributed by atoms with Crippen molar-refractivity contribution < 1.29 is 13.2 Å². The Kier molecular flexibility index (Phi) is 5.34. The topological polar surface area (TPSA) is 66.5 Å². The van der Waals surface area contributed by atoms with Gasteiger partial charge in [0.1, 0.15) is 0 Å². The third-order valence-electron chi connectivity index (χ3n) is 4.01. The highest BCUT2D eigenvalue weighted by atomic mass is 35.5. The van der Waals surface area contributed by atoms with Crippen LogP contribution in [-0.2, 0) is 14.8 Å². The molecule has 1 aliphatic heterocycles. The summed E-state index contributed by atoms with van der Waals surface area (Å²) >= 11 is 11.7. The average Bonchev–Trinajstić information content (AvgIpc) is 2.95. The maximum Gasteiger partial charge on any atom is 0.240 e. The second kappa shape index (κ2) is 7.33. The lowest BCUT2D eigenvalue weighted by Gasteiger charge is -2.17. The Balaban J connectivity index is 1.65. The second-order valence-corrected chi connectivity index (χ2v) is 8.50. The summed E-state index contributed by atoms with van der Waals surface area (Å²) in [6.07, 6.45) is 0.292. The standard InChI is InChI=1S/C17H16Cl2N2O3S/c18-13-4-6-15(7-5-13)21-11-12(8-17(21)22)10-20-25(23,24)16-3-1-2-14(19)9-16/h1-7,9,12,20H,8,10-11H2. The van der Waals surface area contributed by atoms with E-state index in [2.05, 4.69) is 4.72 Å². The van der Waals surface area contributed by atoms with Gasteiger partial charge in [-0.3, -0.25) is 4.79 Å². The number of hydrogen-bond acceptors (Lipinski definition) is 3. The van der Waals surface area contributed by atoms with E-state index in [-0.39, 0.29) is 23.3 Å². The van der Waals surface area contributed by atoms with Gasteiger partial charge in [-0.05, 0) is 48.4 Å². The molecule has 2 aromatic rings. The number of nitrogens with zero attached hydrogens (tertiary/aromatic N) is 1. The fraction of sp³-hybridized carbons (Fsp3) is 0.235. The molecule has 132 valence electrons. The highest BCUT2D eigenvalue weighted by molar-refractivity contribution is 7.89. The fourth-order valence-corrected chi connectivity index (χ4v) is 4.28. The fourth-order valence-electron chi connectivity index (χ4n) is 2.73. The molecule has 8 heteroatoms. The number of nitrogens with one attached hydrogen (secondary N) is 1. The van der Waals surface area contributed by atoms with Crippen molar-refractivity contribution in [2.24, 2.45) is 5.92 Å². The van der Waals surface area contributed by atoms with E-state index in [1.54, 1.807) is 41.3 Å². The van der Waals surface area contributed by atoms with Crippen molar-refractivity contribution in [1.29, 1.82) is 0 Å². The Morgan fingerprint density at radius 1 is 1.08 bits per heavy atom. The molecule has 1 unspecified atom stereocenters. The van der Waals surface area contributed by atoms with E-state index in [0.29, 0.717) is 23.0 Å². The Morgan fingerprint density at radius 2 is 1.80 bits per heavy atom. The lowest BCUT2D eigenvalue weighted by atomic mass is 10.1. The van der Waals surface area contributed by atoms with Crippen molar-refractivity contribution in [3.63, 3.8) is 0 Å². The van der Waals surface area contributed by atoms with Gasteiger partial charge in [-0.15, -0.1) is 0 Å². The number of hydrogen-bond donors (Lipinski definition) is 1. The molecule has 1 fully saturated rings. The van der Waals surface area contributed by atoms with Crippen molar-refractivity contribution in [1.82, 2.24) is 4.72 Å². The number of anilines is 1. The quantitative estimate of drug-likeness (QED) is 0.839. The van der Waals surface area contributed by atoms with Gasteiger partial charge in [-0.1, -0.05) is 29.3 Å². The summed E-state index contributed by atoms with van der Waals surface area (Å²) in [5.41, 5.74) is 0.759. The summed E-state index contributed by atoms with van der Waals surface area (Å²) < 4.78 is 27.2. The van der Waals surface area contributed by atoms with Crippen molar-refractivity contribution in [2.75, 3.05) is 18.0 Å². The Hall–Kier alpha value is -1.60. The van der Waals surface area contributed by atoms with E-state index in [0.717, 1.165) is 5.69 Å². The average molecular weight is 399 g/mol.